The molecule has 0 N–H and O–H groups in total. The first-order chi connectivity index (χ1) is 10.1. The molecule has 1 heterocycles. The Morgan fingerprint density at radius 3 is 2.14 bits per heavy atom. The van der Waals surface area contributed by atoms with Crippen molar-refractivity contribution in [3.63, 3.8) is 0 Å². The zero-order chi connectivity index (χ0) is 17.1. The van der Waals surface area contributed by atoms with Crippen LogP contribution in [0.4, 0.5) is 4.79 Å². The van der Waals surface area contributed by atoms with Crippen LogP contribution in [0.3, 0.4) is 0 Å². The summed E-state index contributed by atoms with van der Waals surface area (Å²) in [5.74, 6) is -1.89. The third-order valence-electron chi connectivity index (χ3n) is 3.32. The van der Waals surface area contributed by atoms with Gasteiger partial charge in [-0.25, -0.2) is 4.79 Å². The molecule has 7 nitrogen and oxygen atoms in total. The summed E-state index contributed by atoms with van der Waals surface area (Å²) in [5.41, 5.74) is -0.625. The van der Waals surface area contributed by atoms with E-state index in [0.29, 0.717) is 0 Å². The molecule has 0 aliphatic carbocycles. The minimum Gasteiger partial charge on any atom is -0.466 e. The molecular weight excluding hydrogens is 288 g/mol. The molecule has 1 aliphatic rings. The van der Waals surface area contributed by atoms with Crippen molar-refractivity contribution in [1.82, 2.24) is 9.80 Å². The van der Waals surface area contributed by atoms with E-state index in [1.165, 1.54) is 9.80 Å². The Morgan fingerprint density at radius 1 is 1.14 bits per heavy atom. The Kier molecular flexibility index (Phi) is 5.79. The van der Waals surface area contributed by atoms with E-state index >= 15 is 0 Å². The van der Waals surface area contributed by atoms with Gasteiger partial charge in [0.05, 0.1) is 18.4 Å². The molecule has 0 aromatic rings. The number of likely N-dealkylation sites (tertiary alicyclic amines) is 1. The Morgan fingerprint density at radius 2 is 1.68 bits per heavy atom. The molecule has 0 radical (unpaired) electrons. The normalized spacial score (nSPS) is 21.5. The Balaban J connectivity index is 2.88. The zero-order valence-electron chi connectivity index (χ0n) is 14.2. The first-order valence-electron chi connectivity index (χ1n) is 7.42. The maximum atomic E-state index is 12.3. The number of amides is 2. The lowest BCUT2D eigenvalue weighted by Crippen LogP contribution is -2.38. The minimum absolute atomic E-state index is 0.137. The maximum absolute atomic E-state index is 12.3. The Hall–Kier alpha value is -1.79. The fraction of sp³-hybridized carbons (Fsp3) is 0.800. The molecule has 2 amide bonds. The summed E-state index contributed by atoms with van der Waals surface area (Å²) in [4.78, 5) is 39.3. The van der Waals surface area contributed by atoms with Gasteiger partial charge in [-0.05, 0) is 27.7 Å². The van der Waals surface area contributed by atoms with Gasteiger partial charge in [0.25, 0.3) is 0 Å². The van der Waals surface area contributed by atoms with E-state index in [1.807, 2.05) is 0 Å². The molecule has 1 aliphatic heterocycles. The number of carbonyl (C=O) groups is 3. The first kappa shape index (κ1) is 18.3. The van der Waals surface area contributed by atoms with E-state index in [-0.39, 0.29) is 25.6 Å². The molecule has 0 aromatic carbocycles. The molecule has 0 saturated carbocycles. The van der Waals surface area contributed by atoms with Crippen LogP contribution in [0.5, 0.6) is 0 Å². The molecule has 7 heteroatoms. The van der Waals surface area contributed by atoms with Crippen molar-refractivity contribution in [2.24, 2.45) is 11.8 Å². The number of carbonyl (C=O) groups excluding carboxylic acids is 3. The van der Waals surface area contributed by atoms with Gasteiger partial charge in [0, 0.05) is 27.2 Å². The van der Waals surface area contributed by atoms with E-state index in [1.54, 1.807) is 41.8 Å². The smallest absolute Gasteiger partial charge is 0.410 e. The van der Waals surface area contributed by atoms with Crippen molar-refractivity contribution in [3.8, 4) is 0 Å². The number of esters is 1. The van der Waals surface area contributed by atoms with Crippen LogP contribution in [0.1, 0.15) is 27.7 Å². The van der Waals surface area contributed by atoms with E-state index in [9.17, 15) is 14.4 Å². The second-order valence-corrected chi connectivity index (χ2v) is 6.58. The maximum Gasteiger partial charge on any atom is 0.410 e. The molecule has 1 fully saturated rings. The summed E-state index contributed by atoms with van der Waals surface area (Å²) in [5, 5.41) is 0. The quantitative estimate of drug-likeness (QED) is 0.730. The zero-order valence-corrected chi connectivity index (χ0v) is 14.2. The van der Waals surface area contributed by atoms with Gasteiger partial charge in [-0.1, -0.05) is 0 Å². The third kappa shape index (κ3) is 4.61. The number of hydrogen-bond acceptors (Lipinski definition) is 5. The summed E-state index contributed by atoms with van der Waals surface area (Å²) >= 11 is 0. The summed E-state index contributed by atoms with van der Waals surface area (Å²) in [6.07, 6.45) is -0.518. The average molecular weight is 314 g/mol. The Labute approximate surface area is 131 Å². The van der Waals surface area contributed by atoms with E-state index in [0.717, 1.165) is 0 Å². The molecule has 1 saturated heterocycles. The van der Waals surface area contributed by atoms with Crippen LogP contribution in [0.25, 0.3) is 0 Å². The van der Waals surface area contributed by atoms with Gasteiger partial charge in [0.2, 0.25) is 5.91 Å². The van der Waals surface area contributed by atoms with E-state index < -0.39 is 29.5 Å². The highest BCUT2D eigenvalue weighted by atomic mass is 16.6. The first-order valence-corrected chi connectivity index (χ1v) is 7.42. The predicted molar refractivity (Wildman–Crippen MR) is 80.1 cm³/mol. The molecule has 22 heavy (non-hydrogen) atoms. The van der Waals surface area contributed by atoms with Crippen LogP contribution in [-0.4, -0.2) is 67.2 Å². The predicted octanol–water partition coefficient (Wildman–Crippen LogP) is 1.12. The minimum atomic E-state index is -0.651. The van der Waals surface area contributed by atoms with Crippen LogP contribution in [-0.2, 0) is 19.1 Å². The van der Waals surface area contributed by atoms with Gasteiger partial charge in [-0.2, -0.15) is 0 Å². The monoisotopic (exact) mass is 314 g/mol. The van der Waals surface area contributed by atoms with Crippen molar-refractivity contribution in [2.45, 2.75) is 33.3 Å². The van der Waals surface area contributed by atoms with Crippen LogP contribution in [0.15, 0.2) is 0 Å². The standard InChI is InChI=1S/C15H26N2O5/c1-7-21-13(19)11-9-17(14(20)22-15(2,3)4)8-10(11)12(18)16(5)6/h10-11H,7-9H2,1-6H3/t10-,11-/m0/s1. The van der Waals surface area contributed by atoms with Crippen molar-refractivity contribution in [1.29, 1.82) is 0 Å². The molecule has 0 spiro atoms. The van der Waals surface area contributed by atoms with Crippen molar-refractivity contribution in [3.05, 3.63) is 0 Å². The second-order valence-electron chi connectivity index (χ2n) is 6.58. The van der Waals surface area contributed by atoms with E-state index in [4.69, 9.17) is 9.47 Å². The van der Waals surface area contributed by atoms with Gasteiger partial charge in [0.1, 0.15) is 5.60 Å². The highest BCUT2D eigenvalue weighted by Gasteiger charge is 2.45. The molecular formula is C15H26N2O5. The van der Waals surface area contributed by atoms with Crippen molar-refractivity contribution >= 4 is 18.0 Å². The summed E-state index contributed by atoms with van der Waals surface area (Å²) in [6.45, 7) is 7.56. The number of rotatable bonds is 3. The number of hydrogen-bond donors (Lipinski definition) is 0. The SMILES string of the molecule is CCOC(=O)[C@H]1CN(C(=O)OC(C)(C)C)C[C@@H]1C(=O)N(C)C. The molecule has 0 bridgehead atoms. The number of nitrogens with zero attached hydrogens (tertiary/aromatic N) is 2. The lowest BCUT2D eigenvalue weighted by atomic mass is 9.95. The van der Waals surface area contributed by atoms with Gasteiger partial charge in [-0.3, -0.25) is 9.59 Å². The second kappa shape index (κ2) is 6.98. The summed E-state index contributed by atoms with van der Waals surface area (Å²) in [7, 11) is 3.25. The number of ether oxygens (including phenoxy) is 2. The molecule has 1 rings (SSSR count). The van der Waals surface area contributed by atoms with Crippen LogP contribution >= 0.6 is 0 Å². The average Bonchev–Trinajstić information content (AvgIpc) is 2.80. The molecule has 0 aromatic heterocycles. The molecule has 2 atom stereocenters. The third-order valence-corrected chi connectivity index (χ3v) is 3.32. The highest BCUT2D eigenvalue weighted by molar-refractivity contribution is 5.87. The molecule has 0 unspecified atom stereocenters. The molecule has 126 valence electrons. The van der Waals surface area contributed by atoms with Gasteiger partial charge in [0.15, 0.2) is 0 Å². The fourth-order valence-electron chi connectivity index (χ4n) is 2.35. The fourth-order valence-corrected chi connectivity index (χ4v) is 2.35. The van der Waals surface area contributed by atoms with E-state index in [2.05, 4.69) is 0 Å². The van der Waals surface area contributed by atoms with Crippen LogP contribution in [0, 0.1) is 11.8 Å². The highest BCUT2D eigenvalue weighted by Crippen LogP contribution is 2.27. The van der Waals surface area contributed by atoms with Gasteiger partial charge < -0.3 is 19.3 Å². The van der Waals surface area contributed by atoms with Gasteiger partial charge in [-0.15, -0.1) is 0 Å². The topological polar surface area (TPSA) is 76.1 Å². The van der Waals surface area contributed by atoms with Crippen molar-refractivity contribution < 1.29 is 23.9 Å². The summed E-state index contributed by atoms with van der Waals surface area (Å²) in [6, 6.07) is 0. The van der Waals surface area contributed by atoms with Gasteiger partial charge >= 0.3 is 12.1 Å². The van der Waals surface area contributed by atoms with Crippen LogP contribution < -0.4 is 0 Å². The largest absolute Gasteiger partial charge is 0.466 e. The summed E-state index contributed by atoms with van der Waals surface area (Å²) < 4.78 is 10.3. The Bertz CT molecular complexity index is 442. The van der Waals surface area contributed by atoms with Crippen LogP contribution in [0.2, 0.25) is 0 Å². The van der Waals surface area contributed by atoms with Crippen molar-refractivity contribution in [2.75, 3.05) is 33.8 Å². The lowest BCUT2D eigenvalue weighted by Gasteiger charge is -2.24. The lowest BCUT2D eigenvalue weighted by molar-refractivity contribution is -0.152.